The first-order valence-corrected chi connectivity index (χ1v) is 7.05. The average Bonchev–Trinajstić information content (AvgIpc) is 2.92. The molecular weight excluding hydrogens is 268 g/mol. The Morgan fingerprint density at radius 1 is 1.33 bits per heavy atom. The van der Waals surface area contributed by atoms with Crippen molar-refractivity contribution >= 4 is 17.4 Å². The average molecular weight is 286 g/mol. The largest absolute Gasteiger partial charge is 0.385 e. The molecule has 110 valence electrons. The van der Waals surface area contributed by atoms with Crippen LogP contribution < -0.4 is 10.6 Å². The van der Waals surface area contributed by atoms with E-state index in [1.54, 1.807) is 0 Å². The van der Waals surface area contributed by atoms with Crippen molar-refractivity contribution in [3.05, 3.63) is 41.6 Å². The number of amides is 1. The lowest BCUT2D eigenvalue weighted by atomic mass is 10.1. The van der Waals surface area contributed by atoms with E-state index in [0.717, 1.165) is 23.4 Å². The Balaban J connectivity index is 1.49. The second-order valence-electron chi connectivity index (χ2n) is 4.92. The molecule has 1 aliphatic heterocycles. The number of para-hydroxylation sites is 1. The fraction of sp³-hybridized carbons (Fsp3) is 0.333. The Morgan fingerprint density at radius 3 is 3.05 bits per heavy atom. The minimum Gasteiger partial charge on any atom is -0.385 e. The molecule has 21 heavy (non-hydrogen) atoms. The number of nitrogens with zero attached hydrogens (tertiary/aromatic N) is 1. The van der Waals surface area contributed by atoms with Crippen LogP contribution in [0.2, 0.25) is 0 Å². The van der Waals surface area contributed by atoms with Gasteiger partial charge in [-0.1, -0.05) is 18.2 Å². The quantitative estimate of drug-likeness (QED) is 0.784. The highest BCUT2D eigenvalue weighted by Crippen LogP contribution is 2.21. The van der Waals surface area contributed by atoms with Crippen molar-refractivity contribution in [2.45, 2.75) is 19.4 Å². The number of nitrogens with one attached hydrogen (secondary N) is 3. The van der Waals surface area contributed by atoms with Gasteiger partial charge < -0.3 is 15.4 Å². The number of hydrogen-bond donors (Lipinski definition) is 3. The van der Waals surface area contributed by atoms with Gasteiger partial charge >= 0.3 is 0 Å². The van der Waals surface area contributed by atoms with E-state index in [-0.39, 0.29) is 5.91 Å². The Morgan fingerprint density at radius 2 is 2.19 bits per heavy atom. The van der Waals surface area contributed by atoms with Crippen molar-refractivity contribution in [2.24, 2.45) is 0 Å². The maximum absolute atomic E-state index is 11.9. The molecule has 1 aliphatic rings. The van der Waals surface area contributed by atoms with Crippen molar-refractivity contribution in [1.29, 1.82) is 0 Å². The van der Waals surface area contributed by atoms with E-state index < -0.39 is 0 Å². The number of fused-ring (bicyclic) bond motifs is 1. The molecule has 0 fully saturated rings. The third kappa shape index (κ3) is 3.41. The summed E-state index contributed by atoms with van der Waals surface area (Å²) in [6.07, 6.45) is 1.20. The summed E-state index contributed by atoms with van der Waals surface area (Å²) in [5.41, 5.74) is 3.03. The monoisotopic (exact) mass is 286 g/mol. The fourth-order valence-corrected chi connectivity index (χ4v) is 2.29. The number of benzene rings is 1. The van der Waals surface area contributed by atoms with E-state index in [1.165, 1.54) is 0 Å². The zero-order chi connectivity index (χ0) is 14.5. The van der Waals surface area contributed by atoms with Crippen molar-refractivity contribution in [3.8, 4) is 0 Å². The highest BCUT2D eigenvalue weighted by molar-refractivity contribution is 5.90. The molecule has 0 spiro atoms. The molecule has 0 atom stereocenters. The third-order valence-electron chi connectivity index (χ3n) is 3.41. The van der Waals surface area contributed by atoms with E-state index in [9.17, 15) is 4.79 Å². The number of rotatable bonds is 5. The topological polar surface area (TPSA) is 79.0 Å². The summed E-state index contributed by atoms with van der Waals surface area (Å²) in [5, 5.41) is 13.1. The van der Waals surface area contributed by atoms with Crippen LogP contribution in [0.25, 0.3) is 0 Å². The van der Waals surface area contributed by atoms with Gasteiger partial charge in [-0.05, 0) is 12.1 Å². The minimum atomic E-state index is -0.0571. The normalized spacial score (nSPS) is 13.5. The van der Waals surface area contributed by atoms with Crippen LogP contribution in [0.3, 0.4) is 0 Å². The number of hydrogen-bond acceptors (Lipinski definition) is 4. The number of aromatic amines is 1. The Hall–Kier alpha value is -2.34. The summed E-state index contributed by atoms with van der Waals surface area (Å²) in [6, 6.07) is 9.82. The molecule has 0 bridgehead atoms. The summed E-state index contributed by atoms with van der Waals surface area (Å²) in [5.74, 6) is 0.535. The van der Waals surface area contributed by atoms with E-state index in [2.05, 4.69) is 20.8 Å². The number of aromatic nitrogens is 2. The van der Waals surface area contributed by atoms with Crippen LogP contribution in [-0.4, -0.2) is 29.3 Å². The predicted molar refractivity (Wildman–Crippen MR) is 80.1 cm³/mol. The van der Waals surface area contributed by atoms with Crippen molar-refractivity contribution in [3.63, 3.8) is 0 Å². The summed E-state index contributed by atoms with van der Waals surface area (Å²) in [6.45, 7) is 1.78. The standard InChI is InChI=1S/C15H18N4O2/c20-14(6-8-16-11-4-2-1-3-5-11)17-15-12-10-21-9-7-13(12)18-19-15/h1-5,16H,6-10H2,(H2,17,18,19,20). The molecule has 3 N–H and O–H groups in total. The second-order valence-corrected chi connectivity index (χ2v) is 4.92. The van der Waals surface area contributed by atoms with Gasteiger partial charge in [0.1, 0.15) is 0 Å². The molecule has 6 heteroatoms. The fourth-order valence-electron chi connectivity index (χ4n) is 2.29. The van der Waals surface area contributed by atoms with Gasteiger partial charge in [-0.3, -0.25) is 9.89 Å². The molecule has 1 aromatic carbocycles. The van der Waals surface area contributed by atoms with Gasteiger partial charge in [-0.2, -0.15) is 5.10 Å². The molecule has 0 radical (unpaired) electrons. The van der Waals surface area contributed by atoms with Crippen LogP contribution in [-0.2, 0) is 22.6 Å². The van der Waals surface area contributed by atoms with Crippen LogP contribution >= 0.6 is 0 Å². The predicted octanol–water partition coefficient (Wildman–Crippen LogP) is 1.92. The van der Waals surface area contributed by atoms with Gasteiger partial charge in [-0.15, -0.1) is 0 Å². The van der Waals surface area contributed by atoms with Gasteiger partial charge in [0.25, 0.3) is 0 Å². The number of anilines is 2. The second kappa shape index (κ2) is 6.41. The molecule has 0 saturated carbocycles. The van der Waals surface area contributed by atoms with E-state index in [0.29, 0.717) is 32.0 Å². The molecule has 2 heterocycles. The van der Waals surface area contributed by atoms with Crippen molar-refractivity contribution in [1.82, 2.24) is 10.2 Å². The van der Waals surface area contributed by atoms with Crippen LogP contribution in [0.5, 0.6) is 0 Å². The molecule has 6 nitrogen and oxygen atoms in total. The Kier molecular flexibility index (Phi) is 4.16. The molecule has 1 amide bonds. The van der Waals surface area contributed by atoms with Gasteiger partial charge in [0.05, 0.1) is 13.2 Å². The highest BCUT2D eigenvalue weighted by Gasteiger charge is 2.18. The first-order valence-electron chi connectivity index (χ1n) is 7.05. The van der Waals surface area contributed by atoms with Gasteiger partial charge in [0.15, 0.2) is 5.82 Å². The maximum Gasteiger partial charge on any atom is 0.227 e. The van der Waals surface area contributed by atoms with Crippen LogP contribution in [0.4, 0.5) is 11.5 Å². The minimum absolute atomic E-state index is 0.0571. The maximum atomic E-state index is 11.9. The first-order chi connectivity index (χ1) is 10.3. The SMILES string of the molecule is O=C(CCNc1ccccc1)Nc1n[nH]c2c1COCC2. The lowest BCUT2D eigenvalue weighted by molar-refractivity contribution is -0.116. The van der Waals surface area contributed by atoms with E-state index in [1.807, 2.05) is 30.3 Å². The molecular formula is C15H18N4O2. The number of H-pyrrole nitrogens is 1. The zero-order valence-corrected chi connectivity index (χ0v) is 11.7. The van der Waals surface area contributed by atoms with Crippen LogP contribution in [0, 0.1) is 0 Å². The molecule has 2 aromatic rings. The summed E-state index contributed by atoms with van der Waals surface area (Å²) < 4.78 is 5.39. The molecule has 3 rings (SSSR count). The highest BCUT2D eigenvalue weighted by atomic mass is 16.5. The summed E-state index contributed by atoms with van der Waals surface area (Å²) >= 11 is 0. The third-order valence-corrected chi connectivity index (χ3v) is 3.41. The lowest BCUT2D eigenvalue weighted by Crippen LogP contribution is -2.18. The lowest BCUT2D eigenvalue weighted by Gasteiger charge is -2.12. The first kappa shape index (κ1) is 13.6. The summed E-state index contributed by atoms with van der Waals surface area (Å²) in [4.78, 5) is 11.9. The van der Waals surface area contributed by atoms with Crippen molar-refractivity contribution in [2.75, 3.05) is 23.8 Å². The molecule has 0 aliphatic carbocycles. The zero-order valence-electron chi connectivity index (χ0n) is 11.7. The summed E-state index contributed by atoms with van der Waals surface area (Å²) in [7, 11) is 0. The van der Waals surface area contributed by atoms with E-state index >= 15 is 0 Å². The van der Waals surface area contributed by atoms with Crippen LogP contribution in [0.1, 0.15) is 17.7 Å². The number of carbonyl (C=O) groups is 1. The van der Waals surface area contributed by atoms with Gasteiger partial charge in [-0.25, -0.2) is 0 Å². The van der Waals surface area contributed by atoms with Gasteiger partial charge in [0, 0.05) is 36.3 Å². The molecule has 0 unspecified atom stereocenters. The molecule has 1 aromatic heterocycles. The van der Waals surface area contributed by atoms with Crippen molar-refractivity contribution < 1.29 is 9.53 Å². The Labute approximate surface area is 122 Å². The Bertz CT molecular complexity index is 609. The van der Waals surface area contributed by atoms with Gasteiger partial charge in [0.2, 0.25) is 5.91 Å². The molecule has 0 saturated heterocycles. The smallest absolute Gasteiger partial charge is 0.227 e. The number of carbonyl (C=O) groups excluding carboxylic acids is 1. The van der Waals surface area contributed by atoms with E-state index in [4.69, 9.17) is 4.74 Å². The van der Waals surface area contributed by atoms with Crippen LogP contribution in [0.15, 0.2) is 30.3 Å². The number of ether oxygens (including phenoxy) is 1.